The normalized spacial score (nSPS) is 24.1. The summed E-state index contributed by atoms with van der Waals surface area (Å²) in [5, 5.41) is 16.0. The molecule has 0 amide bonds. The molecule has 0 radical (unpaired) electrons. The minimum Gasteiger partial charge on any atom is -0.374 e. The van der Waals surface area contributed by atoms with Gasteiger partial charge in [0.25, 0.3) is 0 Å². The number of thiophene rings is 1. The van der Waals surface area contributed by atoms with E-state index >= 15 is 0 Å². The van der Waals surface area contributed by atoms with Gasteiger partial charge in [0, 0.05) is 22.5 Å². The van der Waals surface area contributed by atoms with Crippen LogP contribution >= 0.6 is 11.3 Å². The van der Waals surface area contributed by atoms with Crippen molar-refractivity contribution < 1.29 is 5.11 Å². The molecule has 0 spiro atoms. The Bertz CT molecular complexity index is 558. The number of rotatable bonds is 5. The van der Waals surface area contributed by atoms with E-state index < -0.39 is 6.23 Å². The second kappa shape index (κ2) is 7.27. The summed E-state index contributed by atoms with van der Waals surface area (Å²) in [4.78, 5) is 3.94. The van der Waals surface area contributed by atoms with Crippen molar-refractivity contribution in [3.63, 3.8) is 0 Å². The number of likely N-dealkylation sites (tertiary alicyclic amines) is 1. The molecular weight excluding hydrogens is 292 g/mol. The van der Waals surface area contributed by atoms with Gasteiger partial charge in [-0.05, 0) is 49.5 Å². The fraction of sp³-hybridized carbons (Fsp3) is 0.444. The maximum atomic E-state index is 10.6. The predicted octanol–water partition coefficient (Wildman–Crippen LogP) is 3.95. The van der Waals surface area contributed by atoms with Gasteiger partial charge in [-0.15, -0.1) is 11.3 Å². The van der Waals surface area contributed by atoms with Crippen LogP contribution in [0.3, 0.4) is 0 Å². The molecule has 1 aromatic heterocycles. The fourth-order valence-corrected chi connectivity index (χ4v) is 4.18. The highest BCUT2D eigenvalue weighted by Gasteiger charge is 2.32. The van der Waals surface area contributed by atoms with Gasteiger partial charge in [0.05, 0.1) is 0 Å². The van der Waals surface area contributed by atoms with Gasteiger partial charge < -0.3 is 10.4 Å². The zero-order valence-corrected chi connectivity index (χ0v) is 13.8. The number of para-hydroxylation sites is 1. The summed E-state index contributed by atoms with van der Waals surface area (Å²) < 4.78 is 0. The first-order valence-electron chi connectivity index (χ1n) is 8.05. The number of aliphatic hydroxyl groups excluding tert-OH is 1. The summed E-state index contributed by atoms with van der Waals surface area (Å²) in [6.45, 7) is 4.34. The number of piperidine rings is 1. The summed E-state index contributed by atoms with van der Waals surface area (Å²) in [7, 11) is 0. The molecule has 0 bridgehead atoms. The first-order valence-corrected chi connectivity index (χ1v) is 8.93. The lowest BCUT2D eigenvalue weighted by molar-refractivity contribution is 0.0471. The summed E-state index contributed by atoms with van der Waals surface area (Å²) in [6.07, 6.45) is 1.57. The lowest BCUT2D eigenvalue weighted by atomic mass is 9.88. The second-order valence-electron chi connectivity index (χ2n) is 5.90. The standard InChI is InChI=1S/C18H24N2OS/c1-2-20-11-10-14(13-16(20)17-9-6-12-22-17)18(21)19-15-7-4-3-5-8-15/h3-9,12,14,16,18-19,21H,2,10-11,13H2,1H3. The number of aliphatic hydroxyl groups is 1. The molecule has 1 fully saturated rings. The Kier molecular flexibility index (Phi) is 5.13. The van der Waals surface area contributed by atoms with Crippen LogP contribution in [0.25, 0.3) is 0 Å². The zero-order chi connectivity index (χ0) is 15.4. The summed E-state index contributed by atoms with van der Waals surface area (Å²) >= 11 is 1.82. The number of hydrogen-bond donors (Lipinski definition) is 2. The molecule has 1 aliphatic rings. The van der Waals surface area contributed by atoms with Crippen molar-refractivity contribution in [2.24, 2.45) is 5.92 Å². The molecule has 2 heterocycles. The van der Waals surface area contributed by atoms with Gasteiger partial charge in [0.2, 0.25) is 0 Å². The minimum atomic E-state index is -0.483. The first-order chi connectivity index (χ1) is 10.8. The van der Waals surface area contributed by atoms with Crippen LogP contribution in [0.2, 0.25) is 0 Å². The molecule has 2 N–H and O–H groups in total. The molecule has 1 saturated heterocycles. The third-order valence-corrected chi connectivity index (χ3v) is 5.54. The van der Waals surface area contributed by atoms with Crippen LogP contribution in [0.5, 0.6) is 0 Å². The van der Waals surface area contributed by atoms with Crippen molar-refractivity contribution in [3.05, 3.63) is 52.7 Å². The van der Waals surface area contributed by atoms with Crippen LogP contribution in [-0.2, 0) is 0 Å². The molecule has 118 valence electrons. The average Bonchev–Trinajstić information content (AvgIpc) is 3.09. The van der Waals surface area contributed by atoms with Crippen LogP contribution in [0.15, 0.2) is 47.8 Å². The Hall–Kier alpha value is -1.36. The number of nitrogens with one attached hydrogen (secondary N) is 1. The van der Waals surface area contributed by atoms with E-state index in [2.05, 4.69) is 34.7 Å². The maximum absolute atomic E-state index is 10.6. The highest BCUT2D eigenvalue weighted by atomic mass is 32.1. The largest absolute Gasteiger partial charge is 0.374 e. The van der Waals surface area contributed by atoms with Crippen molar-refractivity contribution in [2.45, 2.75) is 32.0 Å². The summed E-state index contributed by atoms with van der Waals surface area (Å²) in [5.41, 5.74) is 0.987. The van der Waals surface area contributed by atoms with Crippen LogP contribution in [0.4, 0.5) is 5.69 Å². The molecule has 1 aliphatic heterocycles. The molecule has 3 unspecified atom stereocenters. The Morgan fingerprint density at radius 3 is 2.77 bits per heavy atom. The highest BCUT2D eigenvalue weighted by molar-refractivity contribution is 7.10. The third-order valence-electron chi connectivity index (χ3n) is 4.57. The highest BCUT2D eigenvalue weighted by Crippen LogP contribution is 2.37. The Labute approximate surface area is 136 Å². The van der Waals surface area contributed by atoms with Crippen LogP contribution in [0, 0.1) is 5.92 Å². The Morgan fingerprint density at radius 1 is 1.27 bits per heavy atom. The molecular formula is C18H24N2OS. The van der Waals surface area contributed by atoms with Crippen LogP contribution < -0.4 is 5.32 Å². The number of anilines is 1. The predicted molar refractivity (Wildman–Crippen MR) is 93.1 cm³/mol. The van der Waals surface area contributed by atoms with Crippen molar-refractivity contribution in [1.82, 2.24) is 4.90 Å². The maximum Gasteiger partial charge on any atom is 0.127 e. The molecule has 0 saturated carbocycles. The lowest BCUT2D eigenvalue weighted by Crippen LogP contribution is -2.42. The van der Waals surface area contributed by atoms with Gasteiger partial charge in [0.15, 0.2) is 0 Å². The van der Waals surface area contributed by atoms with Crippen molar-refractivity contribution in [1.29, 1.82) is 0 Å². The number of hydrogen-bond acceptors (Lipinski definition) is 4. The molecule has 2 aromatic rings. The van der Waals surface area contributed by atoms with Gasteiger partial charge in [0.1, 0.15) is 6.23 Å². The fourth-order valence-electron chi connectivity index (χ4n) is 3.31. The van der Waals surface area contributed by atoms with E-state index in [-0.39, 0.29) is 5.92 Å². The van der Waals surface area contributed by atoms with Crippen molar-refractivity contribution in [2.75, 3.05) is 18.4 Å². The van der Waals surface area contributed by atoms with Crippen LogP contribution in [0.1, 0.15) is 30.7 Å². The first kappa shape index (κ1) is 15.5. The molecule has 3 rings (SSSR count). The minimum absolute atomic E-state index is 0.287. The van der Waals surface area contributed by atoms with E-state index in [4.69, 9.17) is 0 Å². The van der Waals surface area contributed by atoms with Gasteiger partial charge in [-0.2, -0.15) is 0 Å². The summed E-state index contributed by atoms with van der Waals surface area (Å²) in [5.74, 6) is 0.287. The zero-order valence-electron chi connectivity index (χ0n) is 13.0. The average molecular weight is 316 g/mol. The SMILES string of the molecule is CCN1CCC(C(O)Nc2ccccc2)CC1c1cccs1. The number of benzene rings is 1. The van der Waals surface area contributed by atoms with Gasteiger partial charge >= 0.3 is 0 Å². The molecule has 1 aromatic carbocycles. The smallest absolute Gasteiger partial charge is 0.127 e. The monoisotopic (exact) mass is 316 g/mol. The Balaban J connectivity index is 1.67. The second-order valence-corrected chi connectivity index (χ2v) is 6.88. The molecule has 22 heavy (non-hydrogen) atoms. The number of nitrogens with zero attached hydrogens (tertiary/aromatic N) is 1. The lowest BCUT2D eigenvalue weighted by Gasteiger charge is -2.40. The topological polar surface area (TPSA) is 35.5 Å². The Morgan fingerprint density at radius 2 is 2.09 bits per heavy atom. The summed E-state index contributed by atoms with van der Waals surface area (Å²) in [6, 6.07) is 14.8. The molecule has 0 aliphatic carbocycles. The van der Waals surface area contributed by atoms with Gasteiger partial charge in [-0.25, -0.2) is 0 Å². The molecule has 3 nitrogen and oxygen atoms in total. The van der Waals surface area contributed by atoms with E-state index in [0.717, 1.165) is 31.6 Å². The van der Waals surface area contributed by atoms with Gasteiger partial charge in [-0.1, -0.05) is 31.2 Å². The van der Waals surface area contributed by atoms with Crippen molar-refractivity contribution in [3.8, 4) is 0 Å². The van der Waals surface area contributed by atoms with E-state index in [1.54, 1.807) is 0 Å². The quantitative estimate of drug-likeness (QED) is 0.820. The van der Waals surface area contributed by atoms with Crippen molar-refractivity contribution >= 4 is 17.0 Å². The third kappa shape index (κ3) is 3.51. The van der Waals surface area contributed by atoms with E-state index in [0.29, 0.717) is 6.04 Å². The molecule has 3 atom stereocenters. The van der Waals surface area contributed by atoms with Gasteiger partial charge in [-0.3, -0.25) is 4.90 Å². The van der Waals surface area contributed by atoms with E-state index in [1.807, 2.05) is 41.7 Å². The van der Waals surface area contributed by atoms with E-state index in [1.165, 1.54) is 4.88 Å². The molecule has 4 heteroatoms. The van der Waals surface area contributed by atoms with Crippen LogP contribution in [-0.4, -0.2) is 29.3 Å². The van der Waals surface area contributed by atoms with E-state index in [9.17, 15) is 5.11 Å².